The van der Waals surface area contributed by atoms with E-state index < -0.39 is 0 Å². The van der Waals surface area contributed by atoms with E-state index in [-0.39, 0.29) is 6.04 Å². The highest BCUT2D eigenvalue weighted by Gasteiger charge is 2.27. The zero-order valence-corrected chi connectivity index (χ0v) is 20.6. The molecule has 5 rings (SSSR count). The summed E-state index contributed by atoms with van der Waals surface area (Å²) in [5.41, 5.74) is 7.30. The van der Waals surface area contributed by atoms with E-state index in [0.717, 1.165) is 60.5 Å². The van der Waals surface area contributed by atoms with Gasteiger partial charge in [0.15, 0.2) is 0 Å². The Kier molecular flexibility index (Phi) is 6.82. The summed E-state index contributed by atoms with van der Waals surface area (Å²) in [6.07, 6.45) is 0. The SMILES string of the molecule is Cc1ccc(-c2nc(CN3CCN(C(c4ccccc4)c4ccc(Cl)cc4)CC3)c(C)[nH]2)cc1. The molecule has 3 aromatic carbocycles. The van der Waals surface area contributed by atoms with Gasteiger partial charge in [-0.1, -0.05) is 83.9 Å². The molecule has 0 saturated carbocycles. The summed E-state index contributed by atoms with van der Waals surface area (Å²) in [6, 6.07) is 27.9. The molecule has 1 aliphatic rings. The number of halogens is 1. The first-order valence-corrected chi connectivity index (χ1v) is 12.3. The van der Waals surface area contributed by atoms with Crippen molar-refractivity contribution in [3.8, 4) is 11.4 Å². The van der Waals surface area contributed by atoms with Crippen LogP contribution in [0.15, 0.2) is 78.9 Å². The summed E-state index contributed by atoms with van der Waals surface area (Å²) >= 11 is 6.18. The van der Waals surface area contributed by atoms with Gasteiger partial charge in [-0.15, -0.1) is 0 Å². The normalized spacial score (nSPS) is 16.0. The summed E-state index contributed by atoms with van der Waals surface area (Å²) in [4.78, 5) is 13.5. The molecule has 4 aromatic rings. The van der Waals surface area contributed by atoms with Crippen LogP contribution in [-0.4, -0.2) is 45.9 Å². The van der Waals surface area contributed by atoms with Gasteiger partial charge in [0, 0.05) is 49.0 Å². The van der Waals surface area contributed by atoms with E-state index in [1.807, 2.05) is 12.1 Å². The molecule has 1 N–H and O–H groups in total. The van der Waals surface area contributed by atoms with Gasteiger partial charge in [-0.25, -0.2) is 4.98 Å². The van der Waals surface area contributed by atoms with E-state index in [0.29, 0.717) is 0 Å². The number of hydrogen-bond acceptors (Lipinski definition) is 3. The van der Waals surface area contributed by atoms with Crippen LogP contribution in [0.4, 0.5) is 0 Å². The van der Waals surface area contributed by atoms with Crippen molar-refractivity contribution in [2.24, 2.45) is 0 Å². The number of H-pyrrole nitrogens is 1. The van der Waals surface area contributed by atoms with Crippen molar-refractivity contribution in [1.82, 2.24) is 19.8 Å². The third kappa shape index (κ3) is 5.10. The highest BCUT2D eigenvalue weighted by atomic mass is 35.5. The number of aryl methyl sites for hydroxylation is 2. The van der Waals surface area contributed by atoms with E-state index in [1.165, 1.54) is 16.7 Å². The van der Waals surface area contributed by atoms with Crippen LogP contribution in [0, 0.1) is 13.8 Å². The van der Waals surface area contributed by atoms with Gasteiger partial charge in [-0.2, -0.15) is 0 Å². The van der Waals surface area contributed by atoms with Crippen molar-refractivity contribution in [3.05, 3.63) is 112 Å². The minimum atomic E-state index is 0.237. The fourth-order valence-corrected chi connectivity index (χ4v) is 4.91. The molecule has 0 radical (unpaired) electrons. The van der Waals surface area contributed by atoms with Gasteiger partial charge in [0.25, 0.3) is 0 Å². The second-order valence-corrected chi connectivity index (χ2v) is 9.64. The maximum Gasteiger partial charge on any atom is 0.137 e. The predicted octanol–water partition coefficient (Wildman–Crippen LogP) is 6.25. The molecule has 0 amide bonds. The van der Waals surface area contributed by atoms with Crippen LogP contribution >= 0.6 is 11.6 Å². The number of nitrogens with one attached hydrogen (secondary N) is 1. The van der Waals surface area contributed by atoms with E-state index in [4.69, 9.17) is 16.6 Å². The largest absolute Gasteiger partial charge is 0.342 e. The maximum absolute atomic E-state index is 6.18. The lowest BCUT2D eigenvalue weighted by atomic mass is 9.96. The van der Waals surface area contributed by atoms with Crippen molar-refractivity contribution in [1.29, 1.82) is 0 Å². The molecule has 4 nitrogen and oxygen atoms in total. The summed E-state index contributed by atoms with van der Waals surface area (Å²) in [7, 11) is 0. The summed E-state index contributed by atoms with van der Waals surface area (Å²) in [6.45, 7) is 9.16. The zero-order chi connectivity index (χ0) is 23.5. The van der Waals surface area contributed by atoms with Gasteiger partial charge in [-0.05, 0) is 37.1 Å². The zero-order valence-electron chi connectivity index (χ0n) is 19.8. The molecule has 0 bridgehead atoms. The monoisotopic (exact) mass is 470 g/mol. The maximum atomic E-state index is 6.18. The lowest BCUT2D eigenvalue weighted by Crippen LogP contribution is -2.47. The number of rotatable bonds is 6. The molecule has 0 spiro atoms. The molecule has 1 saturated heterocycles. The molecule has 34 heavy (non-hydrogen) atoms. The highest BCUT2D eigenvalue weighted by Crippen LogP contribution is 2.30. The van der Waals surface area contributed by atoms with Gasteiger partial charge >= 0.3 is 0 Å². The minimum Gasteiger partial charge on any atom is -0.342 e. The molecular weight excluding hydrogens is 440 g/mol. The first-order chi connectivity index (χ1) is 16.6. The first kappa shape index (κ1) is 22.9. The standard InChI is InChI=1S/C29H31ClN4/c1-21-8-10-25(11-9-21)29-31-22(2)27(32-29)20-33-16-18-34(19-17-33)28(23-6-4-3-5-7-23)24-12-14-26(30)15-13-24/h3-15,28H,16-20H2,1-2H3,(H,31,32). The first-order valence-electron chi connectivity index (χ1n) is 12.0. The number of nitrogens with zero attached hydrogens (tertiary/aromatic N) is 3. The van der Waals surface area contributed by atoms with Crippen molar-refractivity contribution in [2.45, 2.75) is 26.4 Å². The van der Waals surface area contributed by atoms with Gasteiger partial charge in [0.2, 0.25) is 0 Å². The molecule has 1 fully saturated rings. The van der Waals surface area contributed by atoms with Crippen LogP contribution in [-0.2, 0) is 6.54 Å². The quantitative estimate of drug-likeness (QED) is 0.361. The highest BCUT2D eigenvalue weighted by molar-refractivity contribution is 6.30. The van der Waals surface area contributed by atoms with Crippen LogP contribution < -0.4 is 0 Å². The minimum absolute atomic E-state index is 0.237. The third-order valence-electron chi connectivity index (χ3n) is 6.76. The Morgan fingerprint density at radius 2 is 1.47 bits per heavy atom. The van der Waals surface area contributed by atoms with Gasteiger partial charge in [0.1, 0.15) is 5.82 Å². The smallest absolute Gasteiger partial charge is 0.137 e. The molecule has 1 aromatic heterocycles. The van der Waals surface area contributed by atoms with Crippen LogP contribution in [0.2, 0.25) is 5.02 Å². The molecular formula is C29H31ClN4. The Morgan fingerprint density at radius 1 is 0.824 bits per heavy atom. The van der Waals surface area contributed by atoms with E-state index in [9.17, 15) is 0 Å². The van der Waals surface area contributed by atoms with E-state index in [2.05, 4.69) is 95.4 Å². The topological polar surface area (TPSA) is 35.2 Å². The van der Waals surface area contributed by atoms with Crippen LogP contribution in [0.5, 0.6) is 0 Å². The number of imidazole rings is 1. The van der Waals surface area contributed by atoms with Crippen molar-refractivity contribution >= 4 is 11.6 Å². The number of piperazine rings is 1. The molecule has 1 aliphatic heterocycles. The average Bonchev–Trinajstić information content (AvgIpc) is 3.22. The molecule has 2 heterocycles. The molecule has 0 aliphatic carbocycles. The fraction of sp³-hybridized carbons (Fsp3) is 0.276. The lowest BCUT2D eigenvalue weighted by Gasteiger charge is -2.39. The van der Waals surface area contributed by atoms with Gasteiger partial charge in [-0.3, -0.25) is 9.80 Å². The number of benzene rings is 3. The average molecular weight is 471 g/mol. The summed E-state index contributed by atoms with van der Waals surface area (Å²) < 4.78 is 0. The summed E-state index contributed by atoms with van der Waals surface area (Å²) in [5.74, 6) is 0.956. The number of hydrogen-bond donors (Lipinski definition) is 1. The molecule has 1 atom stereocenters. The molecule has 1 unspecified atom stereocenters. The van der Waals surface area contributed by atoms with E-state index >= 15 is 0 Å². The van der Waals surface area contributed by atoms with Crippen molar-refractivity contribution < 1.29 is 0 Å². The Bertz CT molecular complexity index is 1210. The third-order valence-corrected chi connectivity index (χ3v) is 7.01. The molecule has 174 valence electrons. The van der Waals surface area contributed by atoms with Gasteiger partial charge in [0.05, 0.1) is 11.7 Å². The fourth-order valence-electron chi connectivity index (χ4n) is 4.78. The Balaban J connectivity index is 1.28. The van der Waals surface area contributed by atoms with E-state index in [1.54, 1.807) is 0 Å². The number of aromatic amines is 1. The second-order valence-electron chi connectivity index (χ2n) is 9.20. The van der Waals surface area contributed by atoms with Crippen molar-refractivity contribution in [2.75, 3.05) is 26.2 Å². The van der Waals surface area contributed by atoms with Gasteiger partial charge < -0.3 is 4.98 Å². The Hall–Kier alpha value is -2.92. The lowest BCUT2D eigenvalue weighted by molar-refractivity contribution is 0.104. The van der Waals surface area contributed by atoms with Crippen LogP contribution in [0.25, 0.3) is 11.4 Å². The van der Waals surface area contributed by atoms with Crippen LogP contribution in [0.3, 0.4) is 0 Å². The van der Waals surface area contributed by atoms with Crippen LogP contribution in [0.1, 0.15) is 34.1 Å². The Labute approximate surface area is 207 Å². The van der Waals surface area contributed by atoms with Crippen molar-refractivity contribution in [3.63, 3.8) is 0 Å². The summed E-state index contributed by atoms with van der Waals surface area (Å²) in [5, 5.41) is 0.778. The number of aromatic nitrogens is 2. The Morgan fingerprint density at radius 3 is 2.15 bits per heavy atom. The molecule has 5 heteroatoms. The second kappa shape index (κ2) is 10.1. The predicted molar refractivity (Wildman–Crippen MR) is 140 cm³/mol.